The van der Waals surface area contributed by atoms with E-state index in [0.29, 0.717) is 12.2 Å². The van der Waals surface area contributed by atoms with Crippen molar-refractivity contribution in [2.45, 2.75) is 71.1 Å². The van der Waals surface area contributed by atoms with Crippen LogP contribution in [0.4, 0.5) is 0 Å². The fraction of sp³-hybridized carbons (Fsp3) is 0.591. The molecule has 0 saturated heterocycles. The van der Waals surface area contributed by atoms with Crippen LogP contribution < -0.4 is 4.74 Å². The number of aliphatic hydroxyl groups excluding tert-OH is 1. The van der Waals surface area contributed by atoms with Crippen LogP contribution in [0.5, 0.6) is 5.75 Å². The number of benzene rings is 1. The highest BCUT2D eigenvalue weighted by Crippen LogP contribution is 2.26. The Balaban J connectivity index is 1.55. The van der Waals surface area contributed by atoms with Crippen LogP contribution >= 0.6 is 0 Å². The molecule has 0 spiro atoms. The smallest absolute Gasteiger partial charge is 0.342 e. The number of unbranched alkanes of at least 4 members (excludes halogenated alkanes) is 9. The van der Waals surface area contributed by atoms with Crippen molar-refractivity contribution < 1.29 is 19.4 Å². The summed E-state index contributed by atoms with van der Waals surface area (Å²) in [7, 11) is 0. The average molecular weight is 360 g/mol. The Morgan fingerprint density at radius 3 is 2.04 bits per heavy atom. The highest BCUT2D eigenvalue weighted by molar-refractivity contribution is 6.18. The first-order chi connectivity index (χ1) is 12.7. The molecule has 1 N–H and O–H groups in total. The maximum absolute atomic E-state index is 11.6. The summed E-state index contributed by atoms with van der Waals surface area (Å²) in [5.74, 6) is 0.312. The van der Waals surface area contributed by atoms with Gasteiger partial charge in [-0.25, -0.2) is 4.79 Å². The molecule has 0 fully saturated rings. The van der Waals surface area contributed by atoms with E-state index in [-0.39, 0.29) is 17.9 Å². The highest BCUT2D eigenvalue weighted by Gasteiger charge is 2.25. The number of rotatable bonds is 13. The van der Waals surface area contributed by atoms with Crippen molar-refractivity contribution >= 4 is 11.5 Å². The molecule has 1 heterocycles. The van der Waals surface area contributed by atoms with E-state index in [4.69, 9.17) is 9.47 Å². The fourth-order valence-electron chi connectivity index (χ4n) is 3.18. The summed E-state index contributed by atoms with van der Waals surface area (Å²) in [5.41, 5.74) is 0.919. The second-order valence-electron chi connectivity index (χ2n) is 6.95. The Kier molecular flexibility index (Phi) is 9.08. The van der Waals surface area contributed by atoms with E-state index < -0.39 is 5.97 Å². The second kappa shape index (κ2) is 11.6. The first-order valence-electron chi connectivity index (χ1n) is 10.0. The summed E-state index contributed by atoms with van der Waals surface area (Å²) in [6.07, 6.45) is 13.1. The molecule has 0 saturated carbocycles. The lowest BCUT2D eigenvalue weighted by atomic mass is 10.1. The molecule has 4 nitrogen and oxygen atoms in total. The molecular weight excluding hydrogens is 328 g/mol. The summed E-state index contributed by atoms with van der Waals surface area (Å²) < 4.78 is 10.6. The minimum Gasteiger partial charge on any atom is -0.508 e. The maximum Gasteiger partial charge on any atom is 0.342 e. The summed E-state index contributed by atoms with van der Waals surface area (Å²) in [6.45, 7) is 2.93. The molecule has 0 amide bonds. The third-order valence-electron chi connectivity index (χ3n) is 4.74. The van der Waals surface area contributed by atoms with E-state index >= 15 is 0 Å². The van der Waals surface area contributed by atoms with Crippen LogP contribution in [0.15, 0.2) is 30.0 Å². The molecule has 0 bridgehead atoms. The van der Waals surface area contributed by atoms with Gasteiger partial charge in [0.05, 0.1) is 6.61 Å². The van der Waals surface area contributed by atoms with Gasteiger partial charge < -0.3 is 14.6 Å². The predicted octanol–water partition coefficient (Wildman–Crippen LogP) is 5.81. The lowest BCUT2D eigenvalue weighted by molar-refractivity contribution is -0.134. The Bertz CT molecular complexity index is 574. The van der Waals surface area contributed by atoms with Crippen molar-refractivity contribution in [1.82, 2.24) is 0 Å². The topological polar surface area (TPSA) is 55.8 Å². The summed E-state index contributed by atoms with van der Waals surface area (Å²) >= 11 is 0. The van der Waals surface area contributed by atoms with Crippen LogP contribution in [0.3, 0.4) is 0 Å². The molecule has 26 heavy (non-hydrogen) atoms. The zero-order valence-electron chi connectivity index (χ0n) is 16.0. The highest BCUT2D eigenvalue weighted by atomic mass is 16.5. The summed E-state index contributed by atoms with van der Waals surface area (Å²) in [6, 6.07) is 7.23. The fourth-order valence-corrected chi connectivity index (χ4v) is 3.18. The lowest BCUT2D eigenvalue weighted by Gasteiger charge is -2.07. The molecule has 1 aromatic rings. The van der Waals surface area contributed by atoms with Gasteiger partial charge >= 0.3 is 5.97 Å². The van der Waals surface area contributed by atoms with Crippen LogP contribution in [0.2, 0.25) is 0 Å². The normalized spacial score (nSPS) is 14.0. The second-order valence-corrected chi connectivity index (χ2v) is 6.95. The molecule has 1 aliphatic rings. The largest absolute Gasteiger partial charge is 0.508 e. The minimum atomic E-state index is -0.471. The predicted molar refractivity (Wildman–Crippen MR) is 104 cm³/mol. The van der Waals surface area contributed by atoms with Gasteiger partial charge in [0, 0.05) is 0 Å². The third-order valence-corrected chi connectivity index (χ3v) is 4.74. The summed E-state index contributed by atoms with van der Waals surface area (Å²) in [4.78, 5) is 11.6. The van der Waals surface area contributed by atoms with Gasteiger partial charge in [0.1, 0.15) is 23.7 Å². The molecule has 1 aromatic carbocycles. The Labute approximate surface area is 157 Å². The van der Waals surface area contributed by atoms with Gasteiger partial charge in [-0.15, -0.1) is 0 Å². The molecule has 0 atom stereocenters. The van der Waals surface area contributed by atoms with Gasteiger partial charge in [-0.1, -0.05) is 76.8 Å². The zero-order valence-corrected chi connectivity index (χ0v) is 16.0. The molecule has 144 valence electrons. The van der Waals surface area contributed by atoms with Gasteiger partial charge in [0.15, 0.2) is 0 Å². The van der Waals surface area contributed by atoms with E-state index in [9.17, 15) is 9.90 Å². The first kappa shape index (κ1) is 20.3. The number of carbonyl (C=O) groups excluding carboxylic acids is 1. The van der Waals surface area contributed by atoms with Crippen LogP contribution in [-0.2, 0) is 9.53 Å². The maximum atomic E-state index is 11.6. The number of esters is 1. The molecule has 0 unspecified atom stereocenters. The van der Waals surface area contributed by atoms with Crippen molar-refractivity contribution in [3.63, 3.8) is 0 Å². The molecule has 4 heteroatoms. The Morgan fingerprint density at radius 2 is 1.50 bits per heavy atom. The van der Waals surface area contributed by atoms with E-state index in [1.807, 2.05) is 12.1 Å². The van der Waals surface area contributed by atoms with Crippen LogP contribution in [0.25, 0.3) is 5.57 Å². The van der Waals surface area contributed by atoms with Crippen LogP contribution in [0.1, 0.15) is 76.7 Å². The zero-order chi connectivity index (χ0) is 18.6. The van der Waals surface area contributed by atoms with Crippen molar-refractivity contribution in [2.24, 2.45) is 0 Å². The monoisotopic (exact) mass is 360 g/mol. The minimum absolute atomic E-state index is 0.00553. The summed E-state index contributed by atoms with van der Waals surface area (Å²) in [5, 5.41) is 9.70. The van der Waals surface area contributed by atoms with E-state index in [0.717, 1.165) is 12.2 Å². The third kappa shape index (κ3) is 6.74. The molecular formula is C22H32O4. The van der Waals surface area contributed by atoms with E-state index in [1.165, 1.54) is 57.8 Å². The number of cyclic esters (lactones) is 1. The van der Waals surface area contributed by atoms with Crippen molar-refractivity contribution in [1.29, 1.82) is 0 Å². The number of ether oxygens (including phenoxy) is 2. The molecule has 1 aliphatic heterocycles. The molecule has 0 radical (unpaired) electrons. The molecule has 0 aromatic heterocycles. The number of hydrogen-bond acceptors (Lipinski definition) is 4. The van der Waals surface area contributed by atoms with Crippen molar-refractivity contribution in [3.8, 4) is 5.75 Å². The Morgan fingerprint density at radius 1 is 0.923 bits per heavy atom. The van der Waals surface area contributed by atoms with Crippen molar-refractivity contribution in [2.75, 3.05) is 13.2 Å². The van der Waals surface area contributed by atoms with Gasteiger partial charge in [-0.05, 0) is 24.1 Å². The quantitative estimate of drug-likeness (QED) is 0.356. The van der Waals surface area contributed by atoms with Gasteiger partial charge in [-0.2, -0.15) is 0 Å². The van der Waals surface area contributed by atoms with E-state index in [1.54, 1.807) is 12.1 Å². The molecule has 0 aliphatic carbocycles. The number of aliphatic hydroxyl groups is 1. The average Bonchev–Trinajstić information content (AvgIpc) is 2.99. The Hall–Kier alpha value is -1.97. The first-order valence-corrected chi connectivity index (χ1v) is 10.0. The van der Waals surface area contributed by atoms with Gasteiger partial charge in [-0.3, -0.25) is 0 Å². The van der Waals surface area contributed by atoms with E-state index in [2.05, 4.69) is 6.92 Å². The van der Waals surface area contributed by atoms with Gasteiger partial charge in [0.25, 0.3) is 0 Å². The van der Waals surface area contributed by atoms with Crippen LogP contribution in [-0.4, -0.2) is 24.3 Å². The SMILES string of the molecule is CCCCCCCCCCCCOc1ccc(C2=C(O)COC2=O)cc1. The number of hydrogen-bond donors (Lipinski definition) is 1. The van der Waals surface area contributed by atoms with Crippen molar-refractivity contribution in [3.05, 3.63) is 35.6 Å². The lowest BCUT2D eigenvalue weighted by Crippen LogP contribution is -2.00. The standard InChI is InChI=1S/C22H32O4/c1-2-3-4-5-6-7-8-9-10-11-16-25-19-14-12-18(13-15-19)21-20(23)17-26-22(21)24/h12-15,23H,2-11,16-17H2,1H3. The number of carbonyl (C=O) groups is 1. The van der Waals surface area contributed by atoms with Crippen LogP contribution in [0, 0.1) is 0 Å². The molecule has 2 rings (SSSR count). The van der Waals surface area contributed by atoms with Gasteiger partial charge in [0.2, 0.25) is 0 Å².